The van der Waals surface area contributed by atoms with Crippen LogP contribution in [0.3, 0.4) is 0 Å². The smallest absolute Gasteiger partial charge is 0.396 e. The fourth-order valence-corrected chi connectivity index (χ4v) is 6.60. The summed E-state index contributed by atoms with van der Waals surface area (Å²) in [6.07, 6.45) is -8.17. The number of nitrogens with two attached hydrogens (primary N) is 1. The number of nitrogens with zero attached hydrogens (tertiary/aromatic N) is 8. The molecule has 45 heavy (non-hydrogen) atoms. The molecule has 0 saturated carbocycles. The molecule has 0 radical (unpaired) electrons. The van der Waals surface area contributed by atoms with Crippen LogP contribution in [0.4, 0.5) is 5.82 Å². The number of imidazole rings is 2. The second-order valence-electron chi connectivity index (χ2n) is 9.85. The van der Waals surface area contributed by atoms with Crippen LogP contribution in [0.1, 0.15) is 18.9 Å². The first-order chi connectivity index (χ1) is 21.5. The van der Waals surface area contributed by atoms with Crippen LogP contribution in [-0.2, 0) is 32.2 Å². The summed E-state index contributed by atoms with van der Waals surface area (Å²) in [6.45, 7) is -1.23. The number of anilines is 1. The second kappa shape index (κ2) is 12.5. The van der Waals surface area contributed by atoms with E-state index in [-0.39, 0.29) is 34.6 Å². The van der Waals surface area contributed by atoms with Crippen LogP contribution in [0, 0.1) is 0 Å². The minimum atomic E-state index is -5.12. The predicted octanol–water partition coefficient (Wildman–Crippen LogP) is -2.89. The van der Waals surface area contributed by atoms with Gasteiger partial charge in [-0.15, -0.1) is 5.10 Å². The van der Waals surface area contributed by atoms with E-state index in [4.69, 9.17) is 28.8 Å². The minimum Gasteiger partial charge on any atom is -0.396 e. The van der Waals surface area contributed by atoms with Crippen LogP contribution in [-0.4, -0.2) is 119 Å². The number of aliphatic hydroxyl groups is 3. The summed E-state index contributed by atoms with van der Waals surface area (Å²) >= 11 is 0. The highest BCUT2D eigenvalue weighted by atomic mass is 31.2. The second-order valence-corrected chi connectivity index (χ2v) is 12.0. The lowest BCUT2D eigenvalue weighted by Gasteiger charge is -2.25. The minimum absolute atomic E-state index is 0.0413. The Morgan fingerprint density at radius 2 is 1.73 bits per heavy atom. The molecule has 2 aliphatic rings. The molecule has 8 N–H and O–H groups in total. The Bertz CT molecular complexity index is 1820. The molecular formula is C20H26N10O13P2. The van der Waals surface area contributed by atoms with Crippen molar-refractivity contribution < 1.29 is 57.3 Å². The Kier molecular flexibility index (Phi) is 8.78. The van der Waals surface area contributed by atoms with Crippen molar-refractivity contribution in [2.45, 2.75) is 55.5 Å². The number of rotatable bonds is 11. The molecule has 2 unspecified atom stereocenters. The molecule has 4 aromatic rings. The summed E-state index contributed by atoms with van der Waals surface area (Å²) in [6, 6.07) is 0. The fraction of sp³-hybridized carbons (Fsp3) is 0.550. The largest absolute Gasteiger partial charge is 0.472 e. The van der Waals surface area contributed by atoms with Crippen molar-refractivity contribution in [1.29, 1.82) is 0 Å². The van der Waals surface area contributed by atoms with Crippen LogP contribution in [0.2, 0.25) is 0 Å². The maximum Gasteiger partial charge on any atom is 0.472 e. The van der Waals surface area contributed by atoms with Crippen LogP contribution >= 0.6 is 16.1 Å². The highest BCUT2D eigenvalue weighted by molar-refractivity contribution is 7.47. The van der Waals surface area contributed by atoms with E-state index in [2.05, 4.69) is 35.3 Å². The monoisotopic (exact) mass is 676 g/mol. The summed E-state index contributed by atoms with van der Waals surface area (Å²) < 4.78 is 54.2. The van der Waals surface area contributed by atoms with Crippen molar-refractivity contribution in [2.24, 2.45) is 0 Å². The van der Waals surface area contributed by atoms with Crippen LogP contribution < -0.4 is 11.3 Å². The topological polar surface area (TPSA) is 328 Å². The maximum absolute atomic E-state index is 13.2. The van der Waals surface area contributed by atoms with Crippen LogP contribution in [0.15, 0.2) is 23.8 Å². The van der Waals surface area contributed by atoms with Gasteiger partial charge in [0.05, 0.1) is 25.4 Å². The third kappa shape index (κ3) is 6.01. The third-order valence-electron chi connectivity index (χ3n) is 7.14. The van der Waals surface area contributed by atoms with Crippen molar-refractivity contribution in [3.63, 3.8) is 0 Å². The zero-order valence-electron chi connectivity index (χ0n) is 22.6. The molecule has 10 atom stereocenters. The van der Waals surface area contributed by atoms with Gasteiger partial charge in [0.25, 0.3) is 5.56 Å². The zero-order chi connectivity index (χ0) is 32.0. The average molecular weight is 676 g/mol. The Morgan fingerprint density at radius 3 is 2.47 bits per heavy atom. The van der Waals surface area contributed by atoms with E-state index in [1.807, 2.05) is 0 Å². The van der Waals surface area contributed by atoms with Gasteiger partial charge >= 0.3 is 16.1 Å². The Labute approximate surface area is 250 Å². The number of hydrogen-bond acceptors (Lipinski definition) is 18. The van der Waals surface area contributed by atoms with Crippen molar-refractivity contribution in [2.75, 3.05) is 18.9 Å². The molecule has 23 nitrogen and oxygen atoms in total. The summed E-state index contributed by atoms with van der Waals surface area (Å²) in [4.78, 5) is 48.1. The number of fused-ring (bicyclic) bond motifs is 2. The SMILES string of the molecule is Nc1ncnc2c1ncn2[C@@H]1O[C@H](CCO)[C@@H](O)[C@H]1OP(=O)(O)OC[C@H]1O[C@@H](n2cnc3c(=O)[nH]nnc32)[C@H](O)[C@@H]1O[PH](=O)O. The first-order valence-corrected chi connectivity index (χ1v) is 15.8. The van der Waals surface area contributed by atoms with Gasteiger partial charge in [0.1, 0.15) is 42.4 Å². The van der Waals surface area contributed by atoms with E-state index >= 15 is 0 Å². The van der Waals surface area contributed by atoms with Crippen molar-refractivity contribution in [1.82, 2.24) is 44.5 Å². The maximum atomic E-state index is 13.2. The van der Waals surface area contributed by atoms with E-state index in [0.717, 1.165) is 17.2 Å². The van der Waals surface area contributed by atoms with Gasteiger partial charge in [-0.3, -0.25) is 27.5 Å². The van der Waals surface area contributed by atoms with E-state index in [1.165, 1.54) is 10.9 Å². The van der Waals surface area contributed by atoms with Crippen LogP contribution in [0.5, 0.6) is 0 Å². The molecule has 244 valence electrons. The van der Waals surface area contributed by atoms with E-state index < -0.39 is 83.9 Å². The molecule has 0 bridgehead atoms. The molecule has 6 rings (SSSR count). The lowest BCUT2D eigenvalue weighted by Crippen LogP contribution is -2.36. The highest BCUT2D eigenvalue weighted by Gasteiger charge is 2.51. The van der Waals surface area contributed by atoms with E-state index in [9.17, 15) is 39.0 Å². The number of phosphoric acid groups is 1. The molecule has 0 aliphatic carbocycles. The molecule has 2 saturated heterocycles. The number of phosphoric ester groups is 1. The quantitative estimate of drug-likeness (QED) is 0.0783. The number of aromatic amines is 1. The van der Waals surface area contributed by atoms with Crippen molar-refractivity contribution in [3.05, 3.63) is 29.3 Å². The number of aromatic nitrogens is 9. The standard InChI is InChI=1S/C20H26N10O13P2/c21-15-9-16(23-4-22-15)29(5-24-9)20-14(11(32)7(40-20)1-2-31)43-45(37,38)39-3-8-13(42-44(35)36)12(33)19(41-8)30-6-25-10-17(30)26-28-27-18(10)34/h4-8,11-14,19-20,31-33,44H,1-3H2,(H,35,36)(H,37,38)(H2,21,22,23)(H,26,27,34)/t7-,8-,11-,12-,13-,14-,19-,20-/m1/s1. The fourth-order valence-electron chi connectivity index (χ4n) is 5.15. The van der Waals surface area contributed by atoms with Crippen molar-refractivity contribution in [3.8, 4) is 0 Å². The number of nitrogen functional groups attached to an aromatic ring is 1. The molecule has 0 aromatic carbocycles. The summed E-state index contributed by atoms with van der Waals surface area (Å²) in [5, 5.41) is 40.6. The van der Waals surface area contributed by atoms with Crippen molar-refractivity contribution >= 4 is 44.2 Å². The van der Waals surface area contributed by atoms with Gasteiger partial charge in [0.15, 0.2) is 35.1 Å². The third-order valence-corrected chi connectivity index (χ3v) is 8.60. The predicted molar refractivity (Wildman–Crippen MR) is 144 cm³/mol. The lowest BCUT2D eigenvalue weighted by atomic mass is 10.1. The number of H-pyrrole nitrogens is 1. The van der Waals surface area contributed by atoms with E-state index in [1.54, 1.807) is 0 Å². The first kappa shape index (κ1) is 31.7. The summed E-state index contributed by atoms with van der Waals surface area (Å²) in [5.74, 6) is 0.0413. The Hall–Kier alpha value is -3.31. The number of ether oxygens (including phenoxy) is 2. The number of hydrogen-bond donors (Lipinski definition) is 7. The molecular weight excluding hydrogens is 650 g/mol. The van der Waals surface area contributed by atoms with Gasteiger partial charge in [-0.25, -0.2) is 29.6 Å². The first-order valence-electron chi connectivity index (χ1n) is 13.0. The normalized spacial score (nSPS) is 30.7. The summed E-state index contributed by atoms with van der Waals surface area (Å²) in [5.41, 5.74) is 5.25. The molecule has 2 aliphatic heterocycles. The van der Waals surface area contributed by atoms with Gasteiger partial charge < -0.3 is 44.8 Å². The highest BCUT2D eigenvalue weighted by Crippen LogP contribution is 2.50. The molecule has 6 heterocycles. The van der Waals surface area contributed by atoms with Gasteiger partial charge in [0, 0.05) is 6.61 Å². The van der Waals surface area contributed by atoms with Gasteiger partial charge in [-0.2, -0.15) is 0 Å². The molecule has 2 fully saturated rings. The van der Waals surface area contributed by atoms with E-state index in [0.29, 0.717) is 0 Å². The molecule has 4 aromatic heterocycles. The van der Waals surface area contributed by atoms with Gasteiger partial charge in [-0.1, -0.05) is 5.21 Å². The summed E-state index contributed by atoms with van der Waals surface area (Å²) in [7, 11) is -8.80. The Balaban J connectivity index is 1.22. The zero-order valence-corrected chi connectivity index (χ0v) is 24.5. The number of aliphatic hydroxyl groups excluding tert-OH is 3. The lowest BCUT2D eigenvalue weighted by molar-refractivity contribution is -0.0593. The average Bonchev–Trinajstić information content (AvgIpc) is 3.75. The molecule has 25 heteroatoms. The number of nitrogens with one attached hydrogen (secondary N) is 1. The van der Waals surface area contributed by atoms with Crippen LogP contribution in [0.25, 0.3) is 22.3 Å². The molecule has 0 spiro atoms. The van der Waals surface area contributed by atoms with Gasteiger partial charge in [-0.05, 0) is 6.42 Å². The van der Waals surface area contributed by atoms with Gasteiger partial charge in [0.2, 0.25) is 0 Å². The molecule has 0 amide bonds. The Morgan fingerprint density at radius 1 is 1.02 bits per heavy atom.